The zero-order chi connectivity index (χ0) is 26.4. The van der Waals surface area contributed by atoms with Crippen LogP contribution in [0.3, 0.4) is 0 Å². The smallest absolute Gasteiger partial charge is 0.254 e. The Kier molecular flexibility index (Phi) is 8.48. The van der Waals surface area contributed by atoms with E-state index in [2.05, 4.69) is 16.8 Å². The van der Waals surface area contributed by atoms with Gasteiger partial charge in [0.1, 0.15) is 0 Å². The summed E-state index contributed by atoms with van der Waals surface area (Å²) in [6, 6.07) is 16.5. The predicted molar refractivity (Wildman–Crippen MR) is 146 cm³/mol. The third kappa shape index (κ3) is 6.31. The van der Waals surface area contributed by atoms with E-state index in [1.54, 1.807) is 36.4 Å². The fourth-order valence-corrected chi connectivity index (χ4v) is 5.98. The number of unbranched alkanes of at least 4 members (excludes halogenated alkanes) is 1. The highest BCUT2D eigenvalue weighted by molar-refractivity contribution is 7.90. The van der Waals surface area contributed by atoms with Gasteiger partial charge < -0.3 is 14.5 Å². The number of aromatic nitrogens is 1. The second kappa shape index (κ2) is 11.8. The molecule has 1 saturated heterocycles. The summed E-state index contributed by atoms with van der Waals surface area (Å²) in [7, 11) is -2.00. The molecule has 4 rings (SSSR count). The molecule has 1 aliphatic heterocycles. The van der Waals surface area contributed by atoms with E-state index in [-0.39, 0.29) is 16.6 Å². The standard InChI is InChI=1S/C29H35N3O4S/c1-4-5-7-23-10-12-24(13-11-23)21-37(34,35)25-14-9-22(2)26(20-25)29(33)32-18-16-31(17-19-32)27-8-6-15-30-28(27)36-3/h6,8-15,20H,4-5,7,16-19,21H2,1-3H3. The van der Waals surface area contributed by atoms with Crippen LogP contribution in [0.25, 0.3) is 0 Å². The zero-order valence-corrected chi connectivity index (χ0v) is 22.6. The molecule has 2 aromatic carbocycles. The molecule has 0 atom stereocenters. The molecule has 0 N–H and O–H groups in total. The predicted octanol–water partition coefficient (Wildman–Crippen LogP) is 4.68. The maximum atomic E-state index is 13.4. The van der Waals surface area contributed by atoms with E-state index in [4.69, 9.17) is 4.74 Å². The Balaban J connectivity index is 1.46. The summed E-state index contributed by atoms with van der Waals surface area (Å²) < 4.78 is 31.8. The molecule has 1 amide bonds. The number of hydrogen-bond acceptors (Lipinski definition) is 6. The molecule has 0 saturated carbocycles. The van der Waals surface area contributed by atoms with E-state index in [0.29, 0.717) is 37.6 Å². The van der Waals surface area contributed by atoms with Crippen LogP contribution in [0.5, 0.6) is 5.88 Å². The summed E-state index contributed by atoms with van der Waals surface area (Å²) in [5, 5.41) is 0. The Bertz CT molecular complexity index is 1330. The molecule has 0 aliphatic carbocycles. The third-order valence-corrected chi connectivity index (χ3v) is 8.53. The Hall–Kier alpha value is -3.39. The first-order valence-corrected chi connectivity index (χ1v) is 14.4. The van der Waals surface area contributed by atoms with Crippen LogP contribution in [0.1, 0.15) is 46.8 Å². The van der Waals surface area contributed by atoms with Gasteiger partial charge in [-0.2, -0.15) is 0 Å². The summed E-state index contributed by atoms with van der Waals surface area (Å²) >= 11 is 0. The van der Waals surface area contributed by atoms with Crippen molar-refractivity contribution < 1.29 is 17.9 Å². The van der Waals surface area contributed by atoms with Crippen LogP contribution in [0.4, 0.5) is 5.69 Å². The van der Waals surface area contributed by atoms with Crippen LogP contribution < -0.4 is 9.64 Å². The number of anilines is 1. The van der Waals surface area contributed by atoms with Gasteiger partial charge in [-0.15, -0.1) is 0 Å². The van der Waals surface area contributed by atoms with Gasteiger partial charge >= 0.3 is 0 Å². The Morgan fingerprint density at radius 1 is 1.00 bits per heavy atom. The van der Waals surface area contributed by atoms with Crippen molar-refractivity contribution in [1.29, 1.82) is 0 Å². The number of methoxy groups -OCH3 is 1. The van der Waals surface area contributed by atoms with Crippen LogP contribution in [0.2, 0.25) is 0 Å². The maximum absolute atomic E-state index is 13.4. The molecule has 1 aliphatic rings. The number of sulfone groups is 1. The van der Waals surface area contributed by atoms with Crippen LogP contribution in [0, 0.1) is 6.92 Å². The number of carbonyl (C=O) groups is 1. The van der Waals surface area contributed by atoms with E-state index in [9.17, 15) is 13.2 Å². The molecule has 3 aromatic rings. The summed E-state index contributed by atoms with van der Waals surface area (Å²) in [5.74, 6) is 0.322. The molecule has 0 bridgehead atoms. The fourth-order valence-electron chi connectivity index (χ4n) is 4.61. The number of nitrogens with zero attached hydrogens (tertiary/aromatic N) is 3. The van der Waals surface area contributed by atoms with Crippen LogP contribution in [-0.4, -0.2) is 57.5 Å². The summed E-state index contributed by atoms with van der Waals surface area (Å²) in [5.41, 5.74) is 4.06. The lowest BCUT2D eigenvalue weighted by atomic mass is 10.1. The summed E-state index contributed by atoms with van der Waals surface area (Å²) in [4.78, 5) is 21.8. The largest absolute Gasteiger partial charge is 0.480 e. The molecule has 37 heavy (non-hydrogen) atoms. The normalized spacial score (nSPS) is 14.0. The highest BCUT2D eigenvalue weighted by atomic mass is 32.2. The topological polar surface area (TPSA) is 79.8 Å². The van der Waals surface area contributed by atoms with Gasteiger partial charge in [0.25, 0.3) is 5.91 Å². The minimum absolute atomic E-state index is 0.0939. The van der Waals surface area contributed by atoms with Gasteiger partial charge in [0.05, 0.1) is 23.4 Å². The number of piperazine rings is 1. The lowest BCUT2D eigenvalue weighted by molar-refractivity contribution is 0.0745. The first-order valence-electron chi connectivity index (χ1n) is 12.8. The number of aryl methyl sites for hydroxylation is 2. The molecule has 2 heterocycles. The number of hydrogen-bond donors (Lipinski definition) is 0. The highest BCUT2D eigenvalue weighted by Crippen LogP contribution is 2.27. The monoisotopic (exact) mass is 521 g/mol. The number of pyridine rings is 1. The second-order valence-electron chi connectivity index (χ2n) is 9.47. The van der Waals surface area contributed by atoms with Gasteiger partial charge in [0.2, 0.25) is 5.88 Å². The van der Waals surface area contributed by atoms with Crippen molar-refractivity contribution in [3.63, 3.8) is 0 Å². The van der Waals surface area contributed by atoms with Crippen molar-refractivity contribution >= 4 is 21.4 Å². The van der Waals surface area contributed by atoms with Crippen molar-refractivity contribution in [1.82, 2.24) is 9.88 Å². The van der Waals surface area contributed by atoms with Gasteiger partial charge in [-0.3, -0.25) is 4.79 Å². The number of amides is 1. The average Bonchev–Trinajstić information content (AvgIpc) is 2.92. The van der Waals surface area contributed by atoms with Crippen molar-refractivity contribution in [2.75, 3.05) is 38.2 Å². The zero-order valence-electron chi connectivity index (χ0n) is 21.8. The van der Waals surface area contributed by atoms with Crippen LogP contribution >= 0.6 is 0 Å². The van der Waals surface area contributed by atoms with Gasteiger partial charge in [-0.1, -0.05) is 43.7 Å². The molecule has 0 radical (unpaired) electrons. The number of benzene rings is 2. The number of carbonyl (C=O) groups excluding carboxylic acids is 1. The quantitative estimate of drug-likeness (QED) is 0.407. The van der Waals surface area contributed by atoms with Crippen LogP contribution in [-0.2, 0) is 22.0 Å². The minimum Gasteiger partial charge on any atom is -0.480 e. The second-order valence-corrected chi connectivity index (χ2v) is 11.5. The molecule has 7 nitrogen and oxygen atoms in total. The Labute approximate surface area is 220 Å². The molecule has 196 valence electrons. The third-order valence-electron chi connectivity index (χ3n) is 6.85. The van der Waals surface area contributed by atoms with Crippen LogP contribution in [0.15, 0.2) is 65.7 Å². The lowest BCUT2D eigenvalue weighted by Gasteiger charge is -2.36. The Morgan fingerprint density at radius 3 is 2.38 bits per heavy atom. The van der Waals surface area contributed by atoms with Gasteiger partial charge in [0.15, 0.2) is 9.84 Å². The van der Waals surface area contributed by atoms with E-state index < -0.39 is 9.84 Å². The SMILES string of the molecule is CCCCc1ccc(CS(=O)(=O)c2ccc(C)c(C(=O)N3CCN(c4cccnc4OC)CC3)c2)cc1. The average molecular weight is 522 g/mol. The first kappa shape index (κ1) is 26.7. The molecule has 0 unspecified atom stereocenters. The maximum Gasteiger partial charge on any atom is 0.254 e. The molecule has 1 aromatic heterocycles. The number of ether oxygens (including phenoxy) is 1. The van der Waals surface area contributed by atoms with E-state index in [1.807, 2.05) is 43.3 Å². The van der Waals surface area contributed by atoms with Gasteiger partial charge in [0, 0.05) is 37.9 Å². The molecule has 1 fully saturated rings. The lowest BCUT2D eigenvalue weighted by Crippen LogP contribution is -2.49. The van der Waals surface area contributed by atoms with E-state index in [1.165, 1.54) is 5.56 Å². The van der Waals surface area contributed by atoms with E-state index >= 15 is 0 Å². The van der Waals surface area contributed by atoms with Crippen molar-refractivity contribution in [2.24, 2.45) is 0 Å². The molecule has 0 spiro atoms. The fraction of sp³-hybridized carbons (Fsp3) is 0.379. The Morgan fingerprint density at radius 2 is 1.70 bits per heavy atom. The van der Waals surface area contributed by atoms with E-state index in [0.717, 1.165) is 36.1 Å². The molecular weight excluding hydrogens is 486 g/mol. The van der Waals surface area contributed by atoms with Gasteiger partial charge in [-0.25, -0.2) is 13.4 Å². The number of rotatable bonds is 9. The van der Waals surface area contributed by atoms with Crippen molar-refractivity contribution in [3.05, 3.63) is 83.0 Å². The van der Waals surface area contributed by atoms with Gasteiger partial charge in [-0.05, 0) is 60.7 Å². The summed E-state index contributed by atoms with van der Waals surface area (Å²) in [6.07, 6.45) is 4.93. The van der Waals surface area contributed by atoms with Crippen molar-refractivity contribution in [3.8, 4) is 5.88 Å². The minimum atomic E-state index is -3.60. The van der Waals surface area contributed by atoms with Crippen molar-refractivity contribution in [2.45, 2.75) is 43.8 Å². The first-order chi connectivity index (χ1) is 17.8. The molecule has 8 heteroatoms. The molecular formula is C29H35N3O4S. The highest BCUT2D eigenvalue weighted by Gasteiger charge is 2.26. The summed E-state index contributed by atoms with van der Waals surface area (Å²) in [6.45, 7) is 6.32.